The summed E-state index contributed by atoms with van der Waals surface area (Å²) < 4.78 is 10.5. The Balaban J connectivity index is 2.28. The van der Waals surface area contributed by atoms with E-state index in [1.165, 1.54) is 0 Å². The molecule has 0 atom stereocenters. The number of carbonyl (C=O) groups is 1. The molecule has 0 fully saturated rings. The van der Waals surface area contributed by atoms with Gasteiger partial charge < -0.3 is 9.15 Å². The number of ether oxygens (including phenoxy) is 1. The lowest BCUT2D eigenvalue weighted by atomic mass is 10.2. The Kier molecular flexibility index (Phi) is 3.28. The maximum absolute atomic E-state index is 11.4. The third-order valence-corrected chi connectivity index (χ3v) is 2.40. The Morgan fingerprint density at radius 1 is 1.41 bits per heavy atom. The predicted octanol–water partition coefficient (Wildman–Crippen LogP) is 3.40. The standard InChI is InChI=1S/C14H14O3/c1-3-16-14(15)10(2)8-12-9-11-6-4-5-7-13(11)17-12/h4-9H,3H2,1-2H3/b10-8+. The molecule has 3 nitrogen and oxygen atoms in total. The van der Waals surface area contributed by atoms with Gasteiger partial charge >= 0.3 is 5.97 Å². The Morgan fingerprint density at radius 2 is 2.18 bits per heavy atom. The van der Waals surface area contributed by atoms with E-state index >= 15 is 0 Å². The number of fused-ring (bicyclic) bond motifs is 1. The summed E-state index contributed by atoms with van der Waals surface area (Å²) in [6.07, 6.45) is 1.69. The summed E-state index contributed by atoms with van der Waals surface area (Å²) in [7, 11) is 0. The van der Waals surface area contributed by atoms with Gasteiger partial charge in [-0.05, 0) is 32.1 Å². The fourth-order valence-electron chi connectivity index (χ4n) is 1.59. The summed E-state index contributed by atoms with van der Waals surface area (Å²) in [5.74, 6) is 0.352. The Morgan fingerprint density at radius 3 is 2.88 bits per heavy atom. The van der Waals surface area contributed by atoms with Crippen LogP contribution in [-0.4, -0.2) is 12.6 Å². The molecule has 0 amide bonds. The second-order valence-electron chi connectivity index (χ2n) is 3.73. The lowest BCUT2D eigenvalue weighted by Gasteiger charge is -1.99. The predicted molar refractivity (Wildman–Crippen MR) is 66.5 cm³/mol. The van der Waals surface area contributed by atoms with E-state index in [0.29, 0.717) is 17.9 Å². The first-order valence-electron chi connectivity index (χ1n) is 5.54. The van der Waals surface area contributed by atoms with Crippen molar-refractivity contribution in [2.24, 2.45) is 0 Å². The number of hydrogen-bond donors (Lipinski definition) is 0. The van der Waals surface area contributed by atoms with Crippen molar-refractivity contribution in [2.45, 2.75) is 13.8 Å². The van der Waals surface area contributed by atoms with Gasteiger partial charge in [0.15, 0.2) is 0 Å². The normalized spacial score (nSPS) is 11.8. The molecule has 1 aromatic carbocycles. The van der Waals surface area contributed by atoms with Crippen LogP contribution in [0.2, 0.25) is 0 Å². The van der Waals surface area contributed by atoms with E-state index in [2.05, 4.69) is 0 Å². The number of para-hydroxylation sites is 1. The summed E-state index contributed by atoms with van der Waals surface area (Å²) in [5, 5.41) is 1.02. The van der Waals surface area contributed by atoms with Crippen molar-refractivity contribution in [3.05, 3.63) is 41.7 Å². The highest BCUT2D eigenvalue weighted by Crippen LogP contribution is 2.20. The highest BCUT2D eigenvalue weighted by atomic mass is 16.5. The molecule has 1 aromatic heterocycles. The quantitative estimate of drug-likeness (QED) is 0.599. The highest BCUT2D eigenvalue weighted by Gasteiger charge is 2.06. The van der Waals surface area contributed by atoms with Gasteiger partial charge in [-0.15, -0.1) is 0 Å². The topological polar surface area (TPSA) is 39.4 Å². The van der Waals surface area contributed by atoms with Crippen molar-refractivity contribution in [3.8, 4) is 0 Å². The third kappa shape index (κ3) is 2.56. The summed E-state index contributed by atoms with van der Waals surface area (Å²) in [6.45, 7) is 3.88. The minimum Gasteiger partial charge on any atom is -0.463 e. The zero-order chi connectivity index (χ0) is 12.3. The van der Waals surface area contributed by atoms with Gasteiger partial charge in [-0.1, -0.05) is 18.2 Å². The molecule has 2 rings (SSSR count). The van der Waals surface area contributed by atoms with E-state index in [4.69, 9.17) is 9.15 Å². The first-order valence-corrected chi connectivity index (χ1v) is 5.54. The molecule has 0 radical (unpaired) electrons. The van der Waals surface area contributed by atoms with E-state index in [-0.39, 0.29) is 5.97 Å². The van der Waals surface area contributed by atoms with Gasteiger partial charge in [0.25, 0.3) is 0 Å². The monoisotopic (exact) mass is 230 g/mol. The molecule has 0 bridgehead atoms. The molecule has 17 heavy (non-hydrogen) atoms. The second-order valence-corrected chi connectivity index (χ2v) is 3.73. The first-order chi connectivity index (χ1) is 8.20. The number of benzene rings is 1. The van der Waals surface area contributed by atoms with Crippen molar-refractivity contribution in [1.29, 1.82) is 0 Å². The molecule has 0 aliphatic heterocycles. The highest BCUT2D eigenvalue weighted by molar-refractivity contribution is 5.93. The SMILES string of the molecule is CCOC(=O)/C(C)=C/c1cc2ccccc2o1. The van der Waals surface area contributed by atoms with E-state index < -0.39 is 0 Å². The smallest absolute Gasteiger partial charge is 0.333 e. The molecule has 0 spiro atoms. The Labute approximate surface area is 99.7 Å². The lowest BCUT2D eigenvalue weighted by Crippen LogP contribution is -2.04. The van der Waals surface area contributed by atoms with Crippen LogP contribution in [0.4, 0.5) is 0 Å². The zero-order valence-corrected chi connectivity index (χ0v) is 9.90. The largest absolute Gasteiger partial charge is 0.463 e. The van der Waals surface area contributed by atoms with Gasteiger partial charge in [-0.3, -0.25) is 0 Å². The molecule has 1 heterocycles. The maximum atomic E-state index is 11.4. The number of furan rings is 1. The van der Waals surface area contributed by atoms with Crippen molar-refractivity contribution in [1.82, 2.24) is 0 Å². The Hall–Kier alpha value is -2.03. The molecule has 0 aliphatic rings. The van der Waals surface area contributed by atoms with E-state index in [0.717, 1.165) is 11.0 Å². The fraction of sp³-hybridized carbons (Fsp3) is 0.214. The average molecular weight is 230 g/mol. The maximum Gasteiger partial charge on any atom is 0.333 e. The van der Waals surface area contributed by atoms with Crippen molar-refractivity contribution in [3.63, 3.8) is 0 Å². The van der Waals surface area contributed by atoms with Crippen molar-refractivity contribution < 1.29 is 13.9 Å². The van der Waals surface area contributed by atoms with Gasteiger partial charge in [0.1, 0.15) is 11.3 Å². The van der Waals surface area contributed by atoms with Crippen LogP contribution in [0.5, 0.6) is 0 Å². The van der Waals surface area contributed by atoms with Gasteiger partial charge in [0, 0.05) is 11.0 Å². The van der Waals surface area contributed by atoms with Crippen molar-refractivity contribution in [2.75, 3.05) is 6.61 Å². The van der Waals surface area contributed by atoms with Gasteiger partial charge in [-0.25, -0.2) is 4.79 Å². The van der Waals surface area contributed by atoms with Crippen LogP contribution in [-0.2, 0) is 9.53 Å². The molecule has 0 unspecified atom stereocenters. The molecular formula is C14H14O3. The molecule has 88 valence electrons. The van der Waals surface area contributed by atoms with Crippen LogP contribution in [0.1, 0.15) is 19.6 Å². The minimum atomic E-state index is -0.312. The van der Waals surface area contributed by atoms with Crippen LogP contribution in [0.3, 0.4) is 0 Å². The number of rotatable bonds is 3. The molecule has 0 saturated heterocycles. The van der Waals surface area contributed by atoms with Gasteiger partial charge in [0.05, 0.1) is 6.61 Å². The van der Waals surface area contributed by atoms with Crippen LogP contribution in [0.15, 0.2) is 40.3 Å². The molecule has 2 aromatic rings. The first kappa shape index (κ1) is 11.5. The van der Waals surface area contributed by atoms with Crippen LogP contribution >= 0.6 is 0 Å². The van der Waals surface area contributed by atoms with Crippen molar-refractivity contribution >= 4 is 23.0 Å². The summed E-state index contributed by atoms with van der Waals surface area (Å²) in [4.78, 5) is 11.4. The average Bonchev–Trinajstić information content (AvgIpc) is 2.71. The minimum absolute atomic E-state index is 0.312. The van der Waals surface area contributed by atoms with Crippen LogP contribution in [0.25, 0.3) is 17.0 Å². The number of carbonyl (C=O) groups excluding carboxylic acids is 1. The second kappa shape index (κ2) is 4.87. The summed E-state index contributed by atoms with van der Waals surface area (Å²) >= 11 is 0. The number of hydrogen-bond acceptors (Lipinski definition) is 3. The fourth-order valence-corrected chi connectivity index (χ4v) is 1.59. The van der Waals surface area contributed by atoms with Gasteiger partial charge in [-0.2, -0.15) is 0 Å². The molecule has 0 aliphatic carbocycles. The third-order valence-electron chi connectivity index (χ3n) is 2.40. The molecule has 0 saturated carbocycles. The number of esters is 1. The van der Waals surface area contributed by atoms with Gasteiger partial charge in [0.2, 0.25) is 0 Å². The Bertz CT molecular complexity index is 531. The molecule has 0 N–H and O–H groups in total. The van der Waals surface area contributed by atoms with Crippen LogP contribution < -0.4 is 0 Å². The zero-order valence-electron chi connectivity index (χ0n) is 9.90. The van der Waals surface area contributed by atoms with E-state index in [9.17, 15) is 4.79 Å². The molecule has 3 heteroatoms. The molecular weight excluding hydrogens is 216 g/mol. The summed E-state index contributed by atoms with van der Waals surface area (Å²) in [5.41, 5.74) is 1.35. The lowest BCUT2D eigenvalue weighted by molar-refractivity contribution is -0.138. The van der Waals surface area contributed by atoms with E-state index in [1.54, 1.807) is 19.9 Å². The van der Waals surface area contributed by atoms with E-state index in [1.807, 2.05) is 30.3 Å². The summed E-state index contributed by atoms with van der Waals surface area (Å²) in [6, 6.07) is 9.63. The van der Waals surface area contributed by atoms with Crippen LogP contribution in [0, 0.1) is 0 Å².